The Balaban J connectivity index is 1.48. The molecule has 1 amide bonds. The number of aromatic nitrogens is 2. The standard InChI is InChI=1S/C18H21N7O/c19-7-15-2-1-5-25(15)18(26)10-22-14-4-3-13(6-14)11-24-12-23-16(8-20)17(24)9-21/h12-15,22H,1-6,10-11H2. The Labute approximate surface area is 152 Å². The summed E-state index contributed by atoms with van der Waals surface area (Å²) in [5.74, 6) is 0.381. The maximum absolute atomic E-state index is 12.3. The molecule has 1 aromatic heterocycles. The quantitative estimate of drug-likeness (QED) is 0.841. The zero-order valence-corrected chi connectivity index (χ0v) is 14.6. The van der Waals surface area contributed by atoms with Gasteiger partial charge in [-0.2, -0.15) is 15.8 Å². The van der Waals surface area contributed by atoms with E-state index in [0.29, 0.717) is 24.7 Å². The molecule has 0 radical (unpaired) electrons. The van der Waals surface area contributed by atoms with Gasteiger partial charge in [0.25, 0.3) is 0 Å². The van der Waals surface area contributed by atoms with Gasteiger partial charge in [-0.1, -0.05) is 0 Å². The number of likely N-dealkylation sites (tertiary alicyclic amines) is 1. The molecule has 0 aromatic carbocycles. The molecule has 2 fully saturated rings. The molecule has 2 heterocycles. The largest absolute Gasteiger partial charge is 0.326 e. The van der Waals surface area contributed by atoms with E-state index in [9.17, 15) is 10.1 Å². The third-order valence-electron chi connectivity index (χ3n) is 5.31. The molecule has 1 saturated carbocycles. The molecule has 3 rings (SSSR count). The Morgan fingerprint density at radius 2 is 2.12 bits per heavy atom. The Bertz CT molecular complexity index is 794. The number of nitrogens with one attached hydrogen (secondary N) is 1. The highest BCUT2D eigenvalue weighted by Gasteiger charge is 2.30. The van der Waals surface area contributed by atoms with Gasteiger partial charge in [-0.25, -0.2) is 4.98 Å². The van der Waals surface area contributed by atoms with Crippen LogP contribution >= 0.6 is 0 Å². The summed E-state index contributed by atoms with van der Waals surface area (Å²) in [6.07, 6.45) is 6.11. The fourth-order valence-electron chi connectivity index (χ4n) is 3.96. The second-order valence-corrected chi connectivity index (χ2v) is 6.95. The van der Waals surface area contributed by atoms with Gasteiger partial charge in [0.15, 0.2) is 11.4 Å². The van der Waals surface area contributed by atoms with Gasteiger partial charge in [-0.05, 0) is 38.0 Å². The van der Waals surface area contributed by atoms with Crippen LogP contribution in [0.25, 0.3) is 0 Å². The lowest BCUT2D eigenvalue weighted by Gasteiger charge is -2.21. The topological polar surface area (TPSA) is 122 Å². The maximum Gasteiger partial charge on any atom is 0.237 e. The highest BCUT2D eigenvalue weighted by Crippen LogP contribution is 2.27. The van der Waals surface area contributed by atoms with E-state index in [0.717, 1.165) is 32.1 Å². The number of hydrogen-bond acceptors (Lipinski definition) is 6. The van der Waals surface area contributed by atoms with Gasteiger partial charge in [0.2, 0.25) is 5.91 Å². The molecule has 3 atom stereocenters. The van der Waals surface area contributed by atoms with E-state index >= 15 is 0 Å². The van der Waals surface area contributed by atoms with Crippen LogP contribution in [-0.4, -0.2) is 45.5 Å². The minimum Gasteiger partial charge on any atom is -0.326 e. The monoisotopic (exact) mass is 351 g/mol. The van der Waals surface area contributed by atoms with E-state index in [2.05, 4.69) is 16.4 Å². The van der Waals surface area contributed by atoms with Crippen LogP contribution in [0.5, 0.6) is 0 Å². The number of hydrogen-bond donors (Lipinski definition) is 1. The minimum absolute atomic E-state index is 0.00228. The van der Waals surface area contributed by atoms with Crippen molar-refractivity contribution in [2.24, 2.45) is 5.92 Å². The van der Waals surface area contributed by atoms with Gasteiger partial charge in [-0.3, -0.25) is 4.79 Å². The molecule has 134 valence electrons. The summed E-state index contributed by atoms with van der Waals surface area (Å²) < 4.78 is 1.75. The number of nitriles is 3. The van der Waals surface area contributed by atoms with Crippen molar-refractivity contribution < 1.29 is 4.79 Å². The van der Waals surface area contributed by atoms with E-state index in [-0.39, 0.29) is 30.2 Å². The van der Waals surface area contributed by atoms with E-state index in [4.69, 9.17) is 10.5 Å². The van der Waals surface area contributed by atoms with Crippen LogP contribution < -0.4 is 5.32 Å². The summed E-state index contributed by atoms with van der Waals surface area (Å²) in [4.78, 5) is 17.9. The average Bonchev–Trinajstić information content (AvgIpc) is 3.38. The Morgan fingerprint density at radius 1 is 1.27 bits per heavy atom. The van der Waals surface area contributed by atoms with Crippen LogP contribution in [0.3, 0.4) is 0 Å². The molecule has 1 aliphatic carbocycles. The molecule has 0 bridgehead atoms. The van der Waals surface area contributed by atoms with Gasteiger partial charge in [0.05, 0.1) is 18.9 Å². The number of carbonyl (C=O) groups excluding carboxylic acids is 1. The molecule has 8 heteroatoms. The van der Waals surface area contributed by atoms with Gasteiger partial charge in [0, 0.05) is 19.1 Å². The van der Waals surface area contributed by atoms with Crippen LogP contribution in [0.1, 0.15) is 43.5 Å². The Kier molecular flexibility index (Phi) is 5.51. The smallest absolute Gasteiger partial charge is 0.237 e. The van der Waals surface area contributed by atoms with Crippen molar-refractivity contribution in [1.82, 2.24) is 19.8 Å². The van der Waals surface area contributed by atoms with Crippen LogP contribution in [0.2, 0.25) is 0 Å². The lowest BCUT2D eigenvalue weighted by molar-refractivity contribution is -0.130. The van der Waals surface area contributed by atoms with E-state index < -0.39 is 0 Å². The first-order valence-corrected chi connectivity index (χ1v) is 8.94. The normalized spacial score (nSPS) is 24.8. The molecule has 1 saturated heterocycles. The Morgan fingerprint density at radius 3 is 2.85 bits per heavy atom. The van der Waals surface area contributed by atoms with E-state index in [1.54, 1.807) is 15.8 Å². The van der Waals surface area contributed by atoms with Crippen molar-refractivity contribution >= 4 is 5.91 Å². The number of nitrogens with zero attached hydrogens (tertiary/aromatic N) is 6. The second kappa shape index (κ2) is 7.99. The fourth-order valence-corrected chi connectivity index (χ4v) is 3.96. The van der Waals surface area contributed by atoms with Crippen molar-refractivity contribution in [3.05, 3.63) is 17.7 Å². The molecular weight excluding hydrogens is 330 g/mol. The second-order valence-electron chi connectivity index (χ2n) is 6.95. The fraction of sp³-hybridized carbons (Fsp3) is 0.611. The SMILES string of the molecule is N#Cc1ncn(CC2CCC(NCC(=O)N3CCCC3C#N)C2)c1C#N. The van der Waals surface area contributed by atoms with Crippen molar-refractivity contribution in [2.75, 3.05) is 13.1 Å². The number of amides is 1. The van der Waals surface area contributed by atoms with Gasteiger partial charge in [0.1, 0.15) is 18.2 Å². The number of imidazole rings is 1. The summed E-state index contributed by atoms with van der Waals surface area (Å²) in [5, 5.41) is 30.6. The predicted molar refractivity (Wildman–Crippen MR) is 91.1 cm³/mol. The number of rotatable bonds is 5. The lowest BCUT2D eigenvalue weighted by atomic mass is 10.1. The van der Waals surface area contributed by atoms with E-state index in [1.165, 1.54) is 0 Å². The molecule has 1 aromatic rings. The molecule has 26 heavy (non-hydrogen) atoms. The van der Waals surface area contributed by atoms with Crippen LogP contribution in [0, 0.1) is 39.9 Å². The third kappa shape index (κ3) is 3.69. The van der Waals surface area contributed by atoms with Crippen molar-refractivity contribution in [2.45, 2.75) is 50.7 Å². The van der Waals surface area contributed by atoms with Crippen LogP contribution in [0.4, 0.5) is 0 Å². The summed E-state index contributed by atoms with van der Waals surface area (Å²) in [5.41, 5.74) is 0.485. The molecule has 1 aliphatic heterocycles. The van der Waals surface area contributed by atoms with E-state index in [1.807, 2.05) is 12.1 Å². The van der Waals surface area contributed by atoms with Crippen LogP contribution in [-0.2, 0) is 11.3 Å². The molecule has 2 aliphatic rings. The van der Waals surface area contributed by atoms with Crippen molar-refractivity contribution in [1.29, 1.82) is 15.8 Å². The summed E-state index contributed by atoms with van der Waals surface area (Å²) in [6, 6.07) is 6.16. The molecule has 3 unspecified atom stereocenters. The van der Waals surface area contributed by atoms with Crippen molar-refractivity contribution in [3.63, 3.8) is 0 Å². The summed E-state index contributed by atoms with van der Waals surface area (Å²) in [7, 11) is 0. The molecular formula is C18H21N7O. The average molecular weight is 351 g/mol. The van der Waals surface area contributed by atoms with Gasteiger partial charge in [-0.15, -0.1) is 0 Å². The number of carbonyl (C=O) groups is 1. The van der Waals surface area contributed by atoms with Gasteiger partial charge < -0.3 is 14.8 Å². The summed E-state index contributed by atoms with van der Waals surface area (Å²) >= 11 is 0. The highest BCUT2D eigenvalue weighted by atomic mass is 16.2. The summed E-state index contributed by atoms with van der Waals surface area (Å²) in [6.45, 7) is 1.60. The van der Waals surface area contributed by atoms with Crippen molar-refractivity contribution in [3.8, 4) is 18.2 Å². The maximum atomic E-state index is 12.3. The molecule has 0 spiro atoms. The first kappa shape index (κ1) is 17.9. The minimum atomic E-state index is -0.277. The van der Waals surface area contributed by atoms with Gasteiger partial charge >= 0.3 is 0 Å². The highest BCUT2D eigenvalue weighted by molar-refractivity contribution is 5.79. The molecule has 1 N–H and O–H groups in total. The van der Waals surface area contributed by atoms with Crippen LogP contribution in [0.15, 0.2) is 6.33 Å². The third-order valence-corrected chi connectivity index (χ3v) is 5.31. The molecule has 8 nitrogen and oxygen atoms in total. The lowest BCUT2D eigenvalue weighted by Crippen LogP contribution is -2.42. The Hall–Kier alpha value is -2.89. The first-order valence-electron chi connectivity index (χ1n) is 8.94. The zero-order valence-electron chi connectivity index (χ0n) is 14.6. The predicted octanol–water partition coefficient (Wildman–Crippen LogP) is 0.899. The zero-order chi connectivity index (χ0) is 18.5. The first-order chi connectivity index (χ1) is 12.7.